The Balaban J connectivity index is 2.60. The van der Waals surface area contributed by atoms with Crippen molar-refractivity contribution in [2.45, 2.75) is 0 Å². The number of hydrogen-bond donors (Lipinski definition) is 0. The molecule has 0 fully saturated rings. The first-order valence-electron chi connectivity index (χ1n) is 4.31. The highest BCUT2D eigenvalue weighted by Crippen LogP contribution is 2.22. The zero-order chi connectivity index (χ0) is 9.97. The molecular formula is C11H11NO2. The van der Waals surface area contributed by atoms with Gasteiger partial charge >= 0.3 is 0 Å². The Kier molecular flexibility index (Phi) is 2.23. The molecule has 0 saturated carbocycles. The highest BCUT2D eigenvalue weighted by atomic mass is 16.5. The molecule has 0 radical (unpaired) electrons. The number of hydrogen-bond acceptors (Lipinski definition) is 3. The van der Waals surface area contributed by atoms with Gasteiger partial charge in [-0.25, -0.2) is 4.98 Å². The average molecular weight is 189 g/mol. The van der Waals surface area contributed by atoms with E-state index in [9.17, 15) is 0 Å². The Hall–Kier alpha value is -1.77. The number of benzene rings is 1. The third kappa shape index (κ3) is 1.48. The number of methoxy groups -OCH3 is 2. The summed E-state index contributed by atoms with van der Waals surface area (Å²) in [6.07, 6.45) is 1.79. The summed E-state index contributed by atoms with van der Waals surface area (Å²) in [4.78, 5) is 4.12. The van der Waals surface area contributed by atoms with Gasteiger partial charge in [-0.05, 0) is 23.6 Å². The molecule has 2 rings (SSSR count). The number of rotatable bonds is 2. The Morgan fingerprint density at radius 1 is 1.00 bits per heavy atom. The molecule has 0 saturated heterocycles. The van der Waals surface area contributed by atoms with E-state index in [2.05, 4.69) is 4.98 Å². The van der Waals surface area contributed by atoms with Gasteiger partial charge in [0, 0.05) is 17.6 Å². The molecule has 3 nitrogen and oxygen atoms in total. The summed E-state index contributed by atoms with van der Waals surface area (Å²) in [6.45, 7) is 0. The molecule has 0 N–H and O–H groups in total. The van der Waals surface area contributed by atoms with Crippen LogP contribution in [0.4, 0.5) is 0 Å². The lowest BCUT2D eigenvalue weighted by Crippen LogP contribution is -1.87. The second-order valence-corrected chi connectivity index (χ2v) is 2.94. The van der Waals surface area contributed by atoms with Gasteiger partial charge in [-0.2, -0.15) is 0 Å². The fourth-order valence-electron chi connectivity index (χ4n) is 1.34. The third-order valence-electron chi connectivity index (χ3n) is 2.11. The van der Waals surface area contributed by atoms with Crippen molar-refractivity contribution < 1.29 is 9.47 Å². The molecule has 1 heterocycles. The minimum Gasteiger partial charge on any atom is -0.497 e. The van der Waals surface area contributed by atoms with Crippen LogP contribution in [-0.2, 0) is 0 Å². The lowest BCUT2D eigenvalue weighted by molar-refractivity contribution is 0.398. The van der Waals surface area contributed by atoms with Crippen LogP contribution in [0.2, 0.25) is 0 Å². The molecule has 0 aliphatic rings. The zero-order valence-corrected chi connectivity index (χ0v) is 8.15. The quantitative estimate of drug-likeness (QED) is 0.726. The van der Waals surface area contributed by atoms with Crippen LogP contribution in [-0.4, -0.2) is 19.2 Å². The maximum Gasteiger partial charge on any atom is 0.213 e. The van der Waals surface area contributed by atoms with Gasteiger partial charge in [-0.1, -0.05) is 0 Å². The Labute approximate surface area is 82.3 Å². The first kappa shape index (κ1) is 8.81. The summed E-state index contributed by atoms with van der Waals surface area (Å²) in [5.41, 5.74) is 0. The second-order valence-electron chi connectivity index (χ2n) is 2.94. The molecule has 1 aromatic carbocycles. The molecule has 1 aromatic heterocycles. The van der Waals surface area contributed by atoms with Crippen molar-refractivity contribution in [3.05, 3.63) is 30.5 Å². The van der Waals surface area contributed by atoms with E-state index in [4.69, 9.17) is 9.47 Å². The molecule has 0 amide bonds. The second kappa shape index (κ2) is 3.54. The number of pyridine rings is 1. The number of ether oxygens (including phenoxy) is 2. The van der Waals surface area contributed by atoms with Crippen LogP contribution in [0.1, 0.15) is 0 Å². The van der Waals surface area contributed by atoms with E-state index < -0.39 is 0 Å². The van der Waals surface area contributed by atoms with Crippen molar-refractivity contribution >= 4 is 10.8 Å². The van der Waals surface area contributed by atoms with Gasteiger partial charge in [0.25, 0.3) is 0 Å². The maximum absolute atomic E-state index is 5.13. The van der Waals surface area contributed by atoms with Crippen LogP contribution in [0.3, 0.4) is 0 Å². The van der Waals surface area contributed by atoms with Gasteiger partial charge in [-0.15, -0.1) is 0 Å². The topological polar surface area (TPSA) is 31.4 Å². The van der Waals surface area contributed by atoms with Crippen LogP contribution in [0, 0.1) is 0 Å². The van der Waals surface area contributed by atoms with Crippen molar-refractivity contribution in [3.63, 3.8) is 0 Å². The fraction of sp³-hybridized carbons (Fsp3) is 0.182. The van der Waals surface area contributed by atoms with Gasteiger partial charge < -0.3 is 9.47 Å². The van der Waals surface area contributed by atoms with Crippen LogP contribution in [0.25, 0.3) is 10.8 Å². The molecule has 0 unspecified atom stereocenters. The predicted molar refractivity (Wildman–Crippen MR) is 54.8 cm³/mol. The number of fused-ring (bicyclic) bond motifs is 1. The minimum atomic E-state index is 0.616. The van der Waals surface area contributed by atoms with E-state index in [1.54, 1.807) is 20.4 Å². The van der Waals surface area contributed by atoms with Crippen LogP contribution < -0.4 is 9.47 Å². The standard InChI is InChI=1S/C11H11NO2/c1-13-10-4-3-8-7-12-11(14-2)6-9(8)5-10/h3-7H,1-2H3. The average Bonchev–Trinajstić information content (AvgIpc) is 2.27. The third-order valence-corrected chi connectivity index (χ3v) is 2.11. The van der Waals surface area contributed by atoms with Crippen LogP contribution in [0.15, 0.2) is 30.5 Å². The summed E-state index contributed by atoms with van der Waals surface area (Å²) in [5, 5.41) is 2.14. The van der Waals surface area contributed by atoms with Crippen molar-refractivity contribution in [3.8, 4) is 11.6 Å². The molecule has 3 heteroatoms. The SMILES string of the molecule is COc1ccc2cnc(OC)cc2c1. The van der Waals surface area contributed by atoms with E-state index in [-0.39, 0.29) is 0 Å². The van der Waals surface area contributed by atoms with Crippen molar-refractivity contribution in [2.24, 2.45) is 0 Å². The Morgan fingerprint density at radius 2 is 1.86 bits per heavy atom. The smallest absolute Gasteiger partial charge is 0.213 e. The Bertz CT molecular complexity index is 415. The molecule has 0 atom stereocenters. The van der Waals surface area contributed by atoms with E-state index in [0.717, 1.165) is 16.5 Å². The fourth-order valence-corrected chi connectivity index (χ4v) is 1.34. The maximum atomic E-state index is 5.13. The van der Waals surface area contributed by atoms with E-state index >= 15 is 0 Å². The van der Waals surface area contributed by atoms with Crippen LogP contribution >= 0.6 is 0 Å². The first-order chi connectivity index (χ1) is 6.83. The molecule has 0 spiro atoms. The van der Waals surface area contributed by atoms with Gasteiger partial charge in [0.2, 0.25) is 5.88 Å². The molecule has 14 heavy (non-hydrogen) atoms. The van der Waals surface area contributed by atoms with Crippen molar-refractivity contribution in [1.82, 2.24) is 4.98 Å². The van der Waals surface area contributed by atoms with E-state index in [1.165, 1.54) is 0 Å². The largest absolute Gasteiger partial charge is 0.497 e. The molecule has 0 bridgehead atoms. The zero-order valence-electron chi connectivity index (χ0n) is 8.15. The lowest BCUT2D eigenvalue weighted by Gasteiger charge is -2.03. The number of aromatic nitrogens is 1. The van der Waals surface area contributed by atoms with E-state index in [0.29, 0.717) is 5.88 Å². The van der Waals surface area contributed by atoms with Gasteiger partial charge in [-0.3, -0.25) is 0 Å². The van der Waals surface area contributed by atoms with Gasteiger partial charge in [0.15, 0.2) is 0 Å². The predicted octanol–water partition coefficient (Wildman–Crippen LogP) is 2.25. The molecule has 0 aliphatic heterocycles. The number of nitrogens with zero attached hydrogens (tertiary/aromatic N) is 1. The Morgan fingerprint density at radius 3 is 2.57 bits per heavy atom. The first-order valence-corrected chi connectivity index (χ1v) is 4.31. The summed E-state index contributed by atoms with van der Waals surface area (Å²) < 4.78 is 10.2. The summed E-state index contributed by atoms with van der Waals surface area (Å²) in [7, 11) is 3.26. The summed E-state index contributed by atoms with van der Waals surface area (Å²) in [5.74, 6) is 1.46. The summed E-state index contributed by atoms with van der Waals surface area (Å²) in [6, 6.07) is 7.73. The molecule has 72 valence electrons. The molecule has 0 aliphatic carbocycles. The van der Waals surface area contributed by atoms with Gasteiger partial charge in [0.05, 0.1) is 14.2 Å². The minimum absolute atomic E-state index is 0.616. The van der Waals surface area contributed by atoms with Crippen LogP contribution in [0.5, 0.6) is 11.6 Å². The summed E-state index contributed by atoms with van der Waals surface area (Å²) >= 11 is 0. The molecule has 2 aromatic rings. The normalized spacial score (nSPS) is 10.1. The van der Waals surface area contributed by atoms with Gasteiger partial charge in [0.1, 0.15) is 5.75 Å². The molecular weight excluding hydrogens is 178 g/mol. The lowest BCUT2D eigenvalue weighted by atomic mass is 10.2. The highest BCUT2D eigenvalue weighted by Gasteiger charge is 1.99. The monoisotopic (exact) mass is 189 g/mol. The van der Waals surface area contributed by atoms with Crippen molar-refractivity contribution in [2.75, 3.05) is 14.2 Å². The van der Waals surface area contributed by atoms with E-state index in [1.807, 2.05) is 24.3 Å². The van der Waals surface area contributed by atoms with Crippen molar-refractivity contribution in [1.29, 1.82) is 0 Å². The highest BCUT2D eigenvalue weighted by molar-refractivity contribution is 5.83.